The van der Waals surface area contributed by atoms with Gasteiger partial charge >= 0.3 is 12.1 Å². The first kappa shape index (κ1) is 23.7. The zero-order valence-corrected chi connectivity index (χ0v) is 19.6. The van der Waals surface area contributed by atoms with E-state index in [2.05, 4.69) is 5.32 Å². The summed E-state index contributed by atoms with van der Waals surface area (Å²) < 4.78 is 34.4. The number of nitrogens with zero attached hydrogens (tertiary/aromatic N) is 1. The average molecular weight is 481 g/mol. The number of fused-ring (bicyclic) bond motifs is 1. The fourth-order valence-corrected chi connectivity index (χ4v) is 5.56. The molecule has 32 heavy (non-hydrogen) atoms. The first-order chi connectivity index (χ1) is 15.2. The van der Waals surface area contributed by atoms with Crippen LogP contribution in [0.15, 0.2) is 29.2 Å². The molecule has 0 bridgehead atoms. The fourth-order valence-electron chi connectivity index (χ4n) is 3.43. The van der Waals surface area contributed by atoms with Gasteiger partial charge in [-0.05, 0) is 38.0 Å². The Morgan fingerprint density at radius 2 is 1.81 bits per heavy atom. The summed E-state index contributed by atoms with van der Waals surface area (Å²) in [5, 5.41) is 2.94. The number of sulfone groups is 1. The van der Waals surface area contributed by atoms with Crippen LogP contribution in [0.4, 0.5) is 9.80 Å². The summed E-state index contributed by atoms with van der Waals surface area (Å²) in [6.07, 6.45) is 0.975. The van der Waals surface area contributed by atoms with E-state index in [0.29, 0.717) is 18.5 Å². The number of thiophene rings is 1. The quantitative estimate of drug-likeness (QED) is 0.631. The molecule has 0 saturated heterocycles. The molecule has 2 aromatic rings. The lowest BCUT2D eigenvalue weighted by Gasteiger charge is -2.26. The van der Waals surface area contributed by atoms with Crippen LogP contribution in [0.5, 0.6) is 0 Å². The molecule has 0 spiro atoms. The van der Waals surface area contributed by atoms with Crippen LogP contribution in [-0.2, 0) is 32.3 Å². The molecule has 9 nitrogen and oxygen atoms in total. The van der Waals surface area contributed by atoms with Gasteiger partial charge in [-0.3, -0.25) is 4.79 Å². The van der Waals surface area contributed by atoms with Gasteiger partial charge < -0.3 is 19.7 Å². The number of carbonyl (C=O) groups excluding carboxylic acids is 3. The Morgan fingerprint density at radius 3 is 2.47 bits per heavy atom. The smallest absolute Gasteiger partial charge is 0.410 e. The molecule has 0 saturated carbocycles. The summed E-state index contributed by atoms with van der Waals surface area (Å²) in [6.45, 7) is 4.41. The van der Waals surface area contributed by atoms with Crippen molar-refractivity contribution < 1.29 is 32.3 Å². The van der Waals surface area contributed by atoms with Crippen molar-refractivity contribution >= 4 is 44.1 Å². The van der Waals surface area contributed by atoms with Crippen molar-refractivity contribution in [1.29, 1.82) is 0 Å². The summed E-state index contributed by atoms with van der Waals surface area (Å²) in [7, 11) is -3.64. The second-order valence-electron chi connectivity index (χ2n) is 7.02. The van der Waals surface area contributed by atoms with Crippen molar-refractivity contribution in [2.75, 3.05) is 31.3 Å². The summed E-state index contributed by atoms with van der Waals surface area (Å²) in [6, 6.07) is 5.86. The lowest BCUT2D eigenvalue weighted by atomic mass is 10.0. The van der Waals surface area contributed by atoms with Gasteiger partial charge in [-0.2, -0.15) is 0 Å². The van der Waals surface area contributed by atoms with Gasteiger partial charge in [-0.1, -0.05) is 12.1 Å². The van der Waals surface area contributed by atoms with E-state index in [1.807, 2.05) is 0 Å². The predicted molar refractivity (Wildman–Crippen MR) is 119 cm³/mol. The Morgan fingerprint density at radius 1 is 1.12 bits per heavy atom. The fraction of sp³-hybridized carbons (Fsp3) is 0.381. The van der Waals surface area contributed by atoms with E-state index in [9.17, 15) is 22.8 Å². The van der Waals surface area contributed by atoms with Gasteiger partial charge in [-0.15, -0.1) is 11.3 Å². The third-order valence-corrected chi connectivity index (χ3v) is 7.11. The number of hydrogen-bond acceptors (Lipinski definition) is 8. The number of amides is 2. The van der Waals surface area contributed by atoms with Gasteiger partial charge in [0.05, 0.1) is 35.8 Å². The van der Waals surface area contributed by atoms with E-state index in [4.69, 9.17) is 9.47 Å². The van der Waals surface area contributed by atoms with Crippen LogP contribution in [0.2, 0.25) is 0 Å². The van der Waals surface area contributed by atoms with E-state index >= 15 is 0 Å². The molecule has 0 unspecified atom stereocenters. The van der Waals surface area contributed by atoms with Crippen molar-refractivity contribution in [1.82, 2.24) is 4.90 Å². The van der Waals surface area contributed by atoms with E-state index in [-0.39, 0.29) is 40.8 Å². The maximum Gasteiger partial charge on any atom is 0.410 e. The molecular weight excluding hydrogens is 456 g/mol. The highest BCUT2D eigenvalue weighted by Crippen LogP contribution is 2.38. The van der Waals surface area contributed by atoms with Crippen molar-refractivity contribution in [3.05, 3.63) is 45.8 Å². The molecule has 0 atom stereocenters. The molecule has 0 radical (unpaired) electrons. The molecule has 2 amide bonds. The van der Waals surface area contributed by atoms with Gasteiger partial charge in [0, 0.05) is 17.7 Å². The van der Waals surface area contributed by atoms with Crippen LogP contribution >= 0.6 is 11.3 Å². The average Bonchev–Trinajstić information content (AvgIpc) is 3.10. The highest BCUT2D eigenvalue weighted by molar-refractivity contribution is 7.90. The number of esters is 1. The number of carbonyl (C=O) groups is 3. The molecular formula is C21H24N2O7S2. The molecule has 1 aromatic carbocycles. The first-order valence-corrected chi connectivity index (χ1v) is 12.7. The third kappa shape index (κ3) is 4.94. The van der Waals surface area contributed by atoms with E-state index in [0.717, 1.165) is 22.5 Å². The number of benzene rings is 1. The summed E-state index contributed by atoms with van der Waals surface area (Å²) in [4.78, 5) is 40.0. The maximum atomic E-state index is 13.0. The van der Waals surface area contributed by atoms with E-state index in [1.54, 1.807) is 19.9 Å². The molecule has 1 aliphatic rings. The van der Waals surface area contributed by atoms with Gasteiger partial charge in [0.25, 0.3) is 5.91 Å². The summed E-state index contributed by atoms with van der Waals surface area (Å²) in [5.41, 5.74) is 0.922. The minimum atomic E-state index is -3.64. The minimum absolute atomic E-state index is 0.0238. The Labute approximate surface area is 190 Å². The van der Waals surface area contributed by atoms with Crippen LogP contribution in [0.1, 0.15) is 45.0 Å². The summed E-state index contributed by atoms with van der Waals surface area (Å²) in [5.74, 6) is -1.24. The molecule has 1 aromatic heterocycles. The Hall–Kier alpha value is -2.92. The molecule has 3 rings (SSSR count). The van der Waals surface area contributed by atoms with Crippen molar-refractivity contribution in [2.45, 2.75) is 31.7 Å². The normalized spacial score (nSPS) is 13.3. The number of hydrogen-bond donors (Lipinski definition) is 1. The van der Waals surface area contributed by atoms with Gasteiger partial charge in [0.15, 0.2) is 9.84 Å². The number of rotatable bonds is 6. The van der Waals surface area contributed by atoms with Crippen LogP contribution in [-0.4, -0.2) is 57.3 Å². The van der Waals surface area contributed by atoms with E-state index < -0.39 is 27.8 Å². The first-order valence-electron chi connectivity index (χ1n) is 10.0. The standard InChI is InChI=1S/C21H24N2O7S2/c1-4-29-20(25)17-13-10-11-23(21(26)30-5-2)12-15(13)31-19(17)22-18(24)14-8-6-7-9-16(14)32(3,27)28/h6-9H,4-5,10-12H2,1-3H3,(H,22,24). The van der Waals surface area contributed by atoms with Crippen LogP contribution in [0.25, 0.3) is 0 Å². The highest BCUT2D eigenvalue weighted by atomic mass is 32.2. The third-order valence-electron chi connectivity index (χ3n) is 4.82. The zero-order valence-electron chi connectivity index (χ0n) is 18.0. The topological polar surface area (TPSA) is 119 Å². The largest absolute Gasteiger partial charge is 0.462 e. The monoisotopic (exact) mass is 480 g/mol. The molecule has 11 heteroatoms. The lowest BCUT2D eigenvalue weighted by Crippen LogP contribution is -2.36. The van der Waals surface area contributed by atoms with Crippen LogP contribution in [0.3, 0.4) is 0 Å². The molecule has 172 valence electrons. The second kappa shape index (κ2) is 9.70. The Balaban J connectivity index is 1.98. The minimum Gasteiger partial charge on any atom is -0.462 e. The number of ether oxygens (including phenoxy) is 2. The second-order valence-corrected chi connectivity index (χ2v) is 10.1. The number of anilines is 1. The van der Waals surface area contributed by atoms with Crippen LogP contribution < -0.4 is 5.32 Å². The van der Waals surface area contributed by atoms with Crippen molar-refractivity contribution in [2.24, 2.45) is 0 Å². The Kier molecular flexibility index (Phi) is 7.19. The molecule has 2 heterocycles. The summed E-state index contributed by atoms with van der Waals surface area (Å²) >= 11 is 1.16. The predicted octanol–water partition coefficient (Wildman–Crippen LogP) is 3.10. The van der Waals surface area contributed by atoms with Gasteiger partial charge in [0.2, 0.25) is 0 Å². The van der Waals surface area contributed by atoms with Crippen LogP contribution in [0, 0.1) is 0 Å². The van der Waals surface area contributed by atoms with Crippen molar-refractivity contribution in [3.8, 4) is 0 Å². The van der Waals surface area contributed by atoms with E-state index in [1.165, 1.54) is 23.1 Å². The Bertz CT molecular complexity index is 1150. The van der Waals surface area contributed by atoms with Crippen molar-refractivity contribution in [3.63, 3.8) is 0 Å². The van der Waals surface area contributed by atoms with Gasteiger partial charge in [-0.25, -0.2) is 18.0 Å². The molecule has 1 N–H and O–H groups in total. The maximum absolute atomic E-state index is 13.0. The molecule has 1 aliphatic heterocycles. The lowest BCUT2D eigenvalue weighted by molar-refractivity contribution is 0.0526. The molecule has 0 aliphatic carbocycles. The number of nitrogens with one attached hydrogen (secondary N) is 1. The highest BCUT2D eigenvalue weighted by Gasteiger charge is 2.32. The zero-order chi connectivity index (χ0) is 23.5. The van der Waals surface area contributed by atoms with Gasteiger partial charge in [0.1, 0.15) is 5.00 Å². The SMILES string of the molecule is CCOC(=O)c1c(NC(=O)c2ccccc2S(C)(=O)=O)sc2c1CCN(C(=O)OCC)C2. The molecule has 0 fully saturated rings.